The molecule has 1 saturated carbocycles. The van der Waals surface area contributed by atoms with E-state index >= 15 is 0 Å². The van der Waals surface area contributed by atoms with Crippen LogP contribution in [0.25, 0.3) is 0 Å². The Morgan fingerprint density at radius 3 is 2.59 bits per heavy atom. The van der Waals surface area contributed by atoms with Gasteiger partial charge in [-0.05, 0) is 25.3 Å². The van der Waals surface area contributed by atoms with E-state index in [2.05, 4.69) is 0 Å². The number of carbonyl (C=O) groups excluding carboxylic acids is 1. The topological polar surface area (TPSA) is 54.4 Å². The maximum atomic E-state index is 11.9. The van der Waals surface area contributed by atoms with E-state index in [-0.39, 0.29) is 5.78 Å². The van der Waals surface area contributed by atoms with Crippen LogP contribution in [0.5, 0.6) is 0 Å². The molecule has 1 unspecified atom stereocenters. The lowest BCUT2D eigenvalue weighted by atomic mass is 10.00. The van der Waals surface area contributed by atoms with Gasteiger partial charge in [-0.2, -0.15) is 0 Å². The van der Waals surface area contributed by atoms with Gasteiger partial charge in [-0.3, -0.25) is 9.59 Å². The van der Waals surface area contributed by atoms with Crippen LogP contribution in [0.3, 0.4) is 0 Å². The fraction of sp³-hybridized carbons (Fsp3) is 0.286. The van der Waals surface area contributed by atoms with Crippen LogP contribution in [-0.2, 0) is 4.79 Å². The first-order chi connectivity index (χ1) is 8.18. The number of carbonyl (C=O) groups is 2. The highest BCUT2D eigenvalue weighted by atomic mass is 16.4. The van der Waals surface area contributed by atoms with Gasteiger partial charge in [-0.15, -0.1) is 0 Å². The second-order valence-corrected chi connectivity index (χ2v) is 4.23. The molecule has 17 heavy (non-hydrogen) atoms. The van der Waals surface area contributed by atoms with Crippen molar-refractivity contribution in [2.24, 2.45) is 5.92 Å². The summed E-state index contributed by atoms with van der Waals surface area (Å²) in [5.41, 5.74) is 1.36. The van der Waals surface area contributed by atoms with E-state index in [0.717, 1.165) is 18.4 Å². The lowest BCUT2D eigenvalue weighted by Gasteiger charge is -2.05. The molecular formula is C14H14O3. The zero-order valence-electron chi connectivity index (χ0n) is 9.43. The number of carboxylic acid groups (broad SMARTS) is 1. The number of aliphatic carboxylic acids is 1. The van der Waals surface area contributed by atoms with E-state index in [1.165, 1.54) is 6.08 Å². The van der Waals surface area contributed by atoms with Crippen LogP contribution < -0.4 is 0 Å². The molecule has 1 aliphatic carbocycles. The molecule has 1 aliphatic rings. The predicted octanol–water partition coefficient (Wildman–Crippen LogP) is 2.68. The highest BCUT2D eigenvalue weighted by Gasteiger charge is 2.27. The fourth-order valence-corrected chi connectivity index (χ4v) is 2.18. The monoisotopic (exact) mass is 230 g/mol. The minimum atomic E-state index is -0.824. The quantitative estimate of drug-likeness (QED) is 0.641. The number of rotatable bonds is 3. The summed E-state index contributed by atoms with van der Waals surface area (Å²) >= 11 is 0. The van der Waals surface area contributed by atoms with E-state index in [4.69, 9.17) is 5.11 Å². The lowest BCUT2D eigenvalue weighted by Crippen LogP contribution is -2.12. The van der Waals surface area contributed by atoms with Crippen molar-refractivity contribution in [3.63, 3.8) is 0 Å². The van der Waals surface area contributed by atoms with Gasteiger partial charge in [0.15, 0.2) is 5.78 Å². The van der Waals surface area contributed by atoms with Gasteiger partial charge in [0.2, 0.25) is 0 Å². The van der Waals surface area contributed by atoms with Gasteiger partial charge in [0.25, 0.3) is 0 Å². The third-order valence-electron chi connectivity index (χ3n) is 3.08. The first-order valence-electron chi connectivity index (χ1n) is 5.71. The van der Waals surface area contributed by atoms with Crippen LogP contribution in [0.1, 0.15) is 29.6 Å². The van der Waals surface area contributed by atoms with Crippen molar-refractivity contribution < 1.29 is 14.7 Å². The third kappa shape index (κ3) is 2.61. The lowest BCUT2D eigenvalue weighted by molar-refractivity contribution is -0.140. The zero-order valence-corrected chi connectivity index (χ0v) is 9.43. The molecule has 0 saturated heterocycles. The molecule has 0 spiro atoms. The number of benzene rings is 1. The Labute approximate surface area is 99.8 Å². The van der Waals surface area contributed by atoms with Crippen LogP contribution in [0.2, 0.25) is 0 Å². The van der Waals surface area contributed by atoms with Gasteiger partial charge in [0.1, 0.15) is 0 Å². The van der Waals surface area contributed by atoms with E-state index in [1.807, 2.05) is 6.07 Å². The molecule has 0 aliphatic heterocycles. The summed E-state index contributed by atoms with van der Waals surface area (Å²) in [5.74, 6) is -1.40. The highest BCUT2D eigenvalue weighted by Crippen LogP contribution is 2.31. The van der Waals surface area contributed by atoms with Gasteiger partial charge in [0, 0.05) is 5.56 Å². The van der Waals surface area contributed by atoms with Crippen LogP contribution in [0.4, 0.5) is 0 Å². The van der Waals surface area contributed by atoms with E-state index in [9.17, 15) is 9.59 Å². The molecule has 3 nitrogen and oxygen atoms in total. The Morgan fingerprint density at radius 1 is 1.24 bits per heavy atom. The minimum absolute atomic E-state index is 0.103. The second-order valence-electron chi connectivity index (χ2n) is 4.23. The van der Waals surface area contributed by atoms with E-state index in [0.29, 0.717) is 12.0 Å². The SMILES string of the molecule is O=C(C=C1CCCC1C(=O)O)c1ccccc1. The van der Waals surface area contributed by atoms with Crippen molar-refractivity contribution >= 4 is 11.8 Å². The fourth-order valence-electron chi connectivity index (χ4n) is 2.18. The Kier molecular flexibility index (Phi) is 3.38. The molecule has 0 heterocycles. The van der Waals surface area contributed by atoms with Crippen LogP contribution in [0, 0.1) is 5.92 Å². The molecule has 1 aromatic carbocycles. The average Bonchev–Trinajstić information content (AvgIpc) is 2.78. The first kappa shape index (κ1) is 11.6. The molecular weight excluding hydrogens is 216 g/mol. The van der Waals surface area contributed by atoms with Crippen molar-refractivity contribution in [1.82, 2.24) is 0 Å². The summed E-state index contributed by atoms with van der Waals surface area (Å²) in [5, 5.41) is 9.01. The van der Waals surface area contributed by atoms with Gasteiger partial charge >= 0.3 is 5.97 Å². The number of hydrogen-bond acceptors (Lipinski definition) is 2. The maximum absolute atomic E-state index is 11.9. The number of hydrogen-bond donors (Lipinski definition) is 1. The van der Waals surface area contributed by atoms with Crippen molar-refractivity contribution in [3.8, 4) is 0 Å². The van der Waals surface area contributed by atoms with Crippen LogP contribution >= 0.6 is 0 Å². The Morgan fingerprint density at radius 2 is 1.94 bits per heavy atom. The summed E-state index contributed by atoms with van der Waals surface area (Å²) < 4.78 is 0. The van der Waals surface area contributed by atoms with Gasteiger partial charge < -0.3 is 5.11 Å². The molecule has 1 atom stereocenters. The van der Waals surface area contributed by atoms with Crippen molar-refractivity contribution in [3.05, 3.63) is 47.5 Å². The van der Waals surface area contributed by atoms with Gasteiger partial charge in [-0.25, -0.2) is 0 Å². The molecule has 1 aromatic rings. The van der Waals surface area contributed by atoms with Crippen molar-refractivity contribution in [2.75, 3.05) is 0 Å². The third-order valence-corrected chi connectivity index (χ3v) is 3.08. The second kappa shape index (κ2) is 4.95. The van der Waals surface area contributed by atoms with Gasteiger partial charge in [-0.1, -0.05) is 35.9 Å². The van der Waals surface area contributed by atoms with Crippen molar-refractivity contribution in [2.45, 2.75) is 19.3 Å². The Balaban J connectivity index is 2.19. The summed E-state index contributed by atoms with van der Waals surface area (Å²) in [7, 11) is 0. The normalized spacial score (nSPS) is 21.6. The molecule has 1 N–H and O–H groups in total. The van der Waals surface area contributed by atoms with Crippen molar-refractivity contribution in [1.29, 1.82) is 0 Å². The molecule has 88 valence electrons. The zero-order chi connectivity index (χ0) is 12.3. The molecule has 0 radical (unpaired) electrons. The largest absolute Gasteiger partial charge is 0.481 e. The maximum Gasteiger partial charge on any atom is 0.310 e. The number of carboxylic acids is 1. The van der Waals surface area contributed by atoms with E-state index < -0.39 is 11.9 Å². The van der Waals surface area contributed by atoms with Crippen LogP contribution in [0.15, 0.2) is 42.0 Å². The summed E-state index contributed by atoms with van der Waals surface area (Å²) in [6.07, 6.45) is 3.71. The number of ketones is 1. The summed E-state index contributed by atoms with van der Waals surface area (Å²) in [6.45, 7) is 0. The highest BCUT2D eigenvalue weighted by molar-refractivity contribution is 6.05. The summed E-state index contributed by atoms with van der Waals surface area (Å²) in [6, 6.07) is 8.93. The number of allylic oxidation sites excluding steroid dienone is 1. The van der Waals surface area contributed by atoms with Gasteiger partial charge in [0.05, 0.1) is 5.92 Å². The Bertz CT molecular complexity index is 460. The first-order valence-corrected chi connectivity index (χ1v) is 5.71. The molecule has 0 aromatic heterocycles. The molecule has 0 bridgehead atoms. The minimum Gasteiger partial charge on any atom is -0.481 e. The summed E-state index contributed by atoms with van der Waals surface area (Å²) in [4.78, 5) is 22.9. The van der Waals surface area contributed by atoms with E-state index in [1.54, 1.807) is 24.3 Å². The molecule has 1 fully saturated rings. The molecule has 3 heteroatoms. The van der Waals surface area contributed by atoms with Crippen LogP contribution in [-0.4, -0.2) is 16.9 Å². The standard InChI is InChI=1S/C14H14O3/c15-13(10-5-2-1-3-6-10)9-11-7-4-8-12(11)14(16)17/h1-3,5-6,9,12H,4,7-8H2,(H,16,17). The average molecular weight is 230 g/mol. The predicted molar refractivity (Wildman–Crippen MR) is 63.8 cm³/mol. The molecule has 0 amide bonds. The Hall–Kier alpha value is -1.90. The molecule has 2 rings (SSSR count). The smallest absolute Gasteiger partial charge is 0.310 e.